The number of rotatable bonds is 4. The van der Waals surface area contributed by atoms with E-state index in [0.717, 1.165) is 18.2 Å². The topological polar surface area (TPSA) is 81.4 Å². The minimum atomic E-state index is -4.53. The predicted molar refractivity (Wildman–Crippen MR) is 86.2 cm³/mol. The number of anilines is 2. The lowest BCUT2D eigenvalue weighted by Crippen LogP contribution is -2.21. The fourth-order valence-electron chi connectivity index (χ4n) is 1.89. The van der Waals surface area contributed by atoms with Crippen LogP contribution >= 0.6 is 11.6 Å². The Morgan fingerprint density at radius 2 is 1.84 bits per heavy atom. The normalized spacial score (nSPS) is 11.0. The SMILES string of the molecule is Nc1c(Cl)cccc1C(=O)OCC(=O)Nc1cccc(C(F)(F)F)c1. The lowest BCUT2D eigenvalue weighted by atomic mass is 10.2. The summed E-state index contributed by atoms with van der Waals surface area (Å²) in [4.78, 5) is 23.6. The summed E-state index contributed by atoms with van der Waals surface area (Å²) in [5.74, 6) is -1.67. The van der Waals surface area contributed by atoms with Crippen LogP contribution in [0.2, 0.25) is 5.02 Å². The number of halogens is 4. The van der Waals surface area contributed by atoms with Crippen LogP contribution in [0.25, 0.3) is 0 Å². The highest BCUT2D eigenvalue weighted by atomic mass is 35.5. The molecule has 0 unspecified atom stereocenters. The zero-order valence-electron chi connectivity index (χ0n) is 12.6. The van der Waals surface area contributed by atoms with E-state index in [1.54, 1.807) is 0 Å². The van der Waals surface area contributed by atoms with E-state index in [4.69, 9.17) is 22.1 Å². The van der Waals surface area contributed by atoms with Crippen LogP contribution in [0.1, 0.15) is 15.9 Å². The van der Waals surface area contributed by atoms with Crippen molar-refractivity contribution in [3.63, 3.8) is 0 Å². The minimum Gasteiger partial charge on any atom is -0.452 e. The second-order valence-electron chi connectivity index (χ2n) is 4.90. The summed E-state index contributed by atoms with van der Waals surface area (Å²) in [6, 6.07) is 8.41. The van der Waals surface area contributed by atoms with Crippen molar-refractivity contribution in [3.05, 3.63) is 58.6 Å². The van der Waals surface area contributed by atoms with Crippen molar-refractivity contribution in [2.24, 2.45) is 0 Å². The summed E-state index contributed by atoms with van der Waals surface area (Å²) in [7, 11) is 0. The number of carbonyl (C=O) groups is 2. The van der Waals surface area contributed by atoms with E-state index in [2.05, 4.69) is 5.32 Å². The number of benzene rings is 2. The van der Waals surface area contributed by atoms with Crippen molar-refractivity contribution < 1.29 is 27.5 Å². The Kier molecular flexibility index (Phi) is 5.53. The number of amides is 1. The lowest BCUT2D eigenvalue weighted by Gasteiger charge is -2.10. The molecule has 0 heterocycles. The molecule has 0 aromatic heterocycles. The van der Waals surface area contributed by atoms with Gasteiger partial charge >= 0.3 is 12.1 Å². The lowest BCUT2D eigenvalue weighted by molar-refractivity contribution is -0.137. The molecule has 5 nitrogen and oxygen atoms in total. The maximum absolute atomic E-state index is 12.6. The maximum atomic E-state index is 12.6. The molecule has 0 atom stereocenters. The van der Waals surface area contributed by atoms with Gasteiger partial charge in [0.1, 0.15) is 0 Å². The third-order valence-corrected chi connectivity index (χ3v) is 3.41. The highest BCUT2D eigenvalue weighted by Gasteiger charge is 2.30. The van der Waals surface area contributed by atoms with Gasteiger partial charge in [0.2, 0.25) is 0 Å². The third kappa shape index (κ3) is 4.87. The Labute approximate surface area is 145 Å². The molecule has 0 fully saturated rings. The largest absolute Gasteiger partial charge is 0.452 e. The highest BCUT2D eigenvalue weighted by molar-refractivity contribution is 6.33. The van der Waals surface area contributed by atoms with Gasteiger partial charge in [-0.2, -0.15) is 13.2 Å². The van der Waals surface area contributed by atoms with Crippen LogP contribution in [0.3, 0.4) is 0 Å². The van der Waals surface area contributed by atoms with Gasteiger partial charge in [-0.25, -0.2) is 4.79 Å². The van der Waals surface area contributed by atoms with E-state index >= 15 is 0 Å². The zero-order valence-corrected chi connectivity index (χ0v) is 13.3. The van der Waals surface area contributed by atoms with Gasteiger partial charge in [0.15, 0.2) is 6.61 Å². The number of nitrogens with two attached hydrogens (primary N) is 1. The van der Waals surface area contributed by atoms with Crippen molar-refractivity contribution >= 4 is 34.9 Å². The molecule has 0 bridgehead atoms. The van der Waals surface area contributed by atoms with Crippen LogP contribution in [0.5, 0.6) is 0 Å². The summed E-state index contributed by atoms with van der Waals surface area (Å²) >= 11 is 5.78. The number of carbonyl (C=O) groups excluding carboxylic acids is 2. The maximum Gasteiger partial charge on any atom is 0.416 e. The molecule has 2 rings (SSSR count). The number of esters is 1. The fraction of sp³-hybridized carbons (Fsp3) is 0.125. The smallest absolute Gasteiger partial charge is 0.416 e. The first-order chi connectivity index (χ1) is 11.7. The summed E-state index contributed by atoms with van der Waals surface area (Å²) < 4.78 is 42.6. The quantitative estimate of drug-likeness (QED) is 0.633. The van der Waals surface area contributed by atoms with Crippen LogP contribution in [0.15, 0.2) is 42.5 Å². The molecule has 0 spiro atoms. The standard InChI is InChI=1S/C16H12ClF3N2O3/c17-12-6-2-5-11(14(12)21)15(24)25-8-13(23)22-10-4-1-3-9(7-10)16(18,19)20/h1-7H,8,21H2,(H,22,23). The second kappa shape index (κ2) is 7.43. The van der Waals surface area contributed by atoms with Crippen molar-refractivity contribution in [1.29, 1.82) is 0 Å². The van der Waals surface area contributed by atoms with Crippen LogP contribution in [-0.2, 0) is 15.7 Å². The van der Waals surface area contributed by atoms with Crippen molar-refractivity contribution in [2.45, 2.75) is 6.18 Å². The fourth-order valence-corrected chi connectivity index (χ4v) is 2.07. The van der Waals surface area contributed by atoms with E-state index in [1.807, 2.05) is 0 Å². The average Bonchev–Trinajstić information content (AvgIpc) is 2.54. The number of ether oxygens (including phenoxy) is 1. The summed E-state index contributed by atoms with van der Waals surface area (Å²) in [5.41, 5.74) is 4.64. The molecule has 0 saturated carbocycles. The Bertz CT molecular complexity index is 809. The molecule has 0 aliphatic heterocycles. The van der Waals surface area contributed by atoms with Crippen LogP contribution in [0, 0.1) is 0 Å². The van der Waals surface area contributed by atoms with E-state index in [1.165, 1.54) is 24.3 Å². The number of para-hydroxylation sites is 1. The first-order valence-electron chi connectivity index (χ1n) is 6.86. The number of alkyl halides is 3. The van der Waals surface area contributed by atoms with Gasteiger partial charge in [-0.15, -0.1) is 0 Å². The van der Waals surface area contributed by atoms with E-state index in [0.29, 0.717) is 0 Å². The number of hydrogen-bond acceptors (Lipinski definition) is 4. The van der Waals surface area contributed by atoms with Gasteiger partial charge in [-0.1, -0.05) is 23.7 Å². The molecule has 0 aliphatic rings. The Morgan fingerprint density at radius 1 is 1.16 bits per heavy atom. The minimum absolute atomic E-state index is 0.00690. The van der Waals surface area contributed by atoms with Gasteiger partial charge in [-0.05, 0) is 30.3 Å². The first-order valence-corrected chi connectivity index (χ1v) is 7.24. The predicted octanol–water partition coefficient (Wildman–Crippen LogP) is 3.74. The van der Waals surface area contributed by atoms with Crippen LogP contribution in [-0.4, -0.2) is 18.5 Å². The van der Waals surface area contributed by atoms with Gasteiger partial charge in [0.25, 0.3) is 5.91 Å². The van der Waals surface area contributed by atoms with Crippen molar-refractivity contribution in [1.82, 2.24) is 0 Å². The van der Waals surface area contributed by atoms with Gasteiger partial charge < -0.3 is 15.8 Å². The zero-order chi connectivity index (χ0) is 18.6. The molecule has 3 N–H and O–H groups in total. The van der Waals surface area contributed by atoms with Crippen molar-refractivity contribution in [3.8, 4) is 0 Å². The Morgan fingerprint density at radius 3 is 2.52 bits per heavy atom. The molecule has 25 heavy (non-hydrogen) atoms. The summed E-state index contributed by atoms with van der Waals surface area (Å²) in [6.07, 6.45) is -4.53. The number of nitrogen functional groups attached to an aromatic ring is 1. The average molecular weight is 373 g/mol. The number of nitrogens with one attached hydrogen (secondary N) is 1. The molecule has 2 aromatic carbocycles. The van der Waals surface area contributed by atoms with E-state index in [9.17, 15) is 22.8 Å². The molecule has 0 saturated heterocycles. The molecule has 9 heteroatoms. The molecular formula is C16H12ClF3N2O3. The summed E-state index contributed by atoms with van der Waals surface area (Å²) in [6.45, 7) is -0.693. The van der Waals surface area contributed by atoms with E-state index < -0.39 is 30.2 Å². The highest BCUT2D eigenvalue weighted by Crippen LogP contribution is 2.30. The van der Waals surface area contributed by atoms with E-state index in [-0.39, 0.29) is 22.0 Å². The molecule has 1 amide bonds. The van der Waals surface area contributed by atoms with Gasteiger partial charge in [0.05, 0.1) is 21.8 Å². The Balaban J connectivity index is 1.97. The molecule has 0 radical (unpaired) electrons. The van der Waals surface area contributed by atoms with Crippen molar-refractivity contribution in [2.75, 3.05) is 17.7 Å². The first kappa shape index (κ1) is 18.6. The van der Waals surface area contributed by atoms with Gasteiger partial charge in [0, 0.05) is 5.69 Å². The molecule has 0 aliphatic carbocycles. The number of hydrogen-bond donors (Lipinski definition) is 2. The summed E-state index contributed by atoms with van der Waals surface area (Å²) in [5, 5.41) is 2.37. The monoisotopic (exact) mass is 372 g/mol. The second-order valence-corrected chi connectivity index (χ2v) is 5.31. The van der Waals surface area contributed by atoms with Gasteiger partial charge in [-0.3, -0.25) is 4.79 Å². The Hall–Kier alpha value is -2.74. The van der Waals surface area contributed by atoms with Crippen LogP contribution in [0.4, 0.5) is 24.5 Å². The molecule has 132 valence electrons. The van der Waals surface area contributed by atoms with Crippen LogP contribution < -0.4 is 11.1 Å². The third-order valence-electron chi connectivity index (χ3n) is 3.08. The molecule has 2 aromatic rings. The molecular weight excluding hydrogens is 361 g/mol.